The maximum absolute atomic E-state index is 12.4. The number of piperazine rings is 1. The van der Waals surface area contributed by atoms with Crippen molar-refractivity contribution in [3.05, 3.63) is 29.8 Å². The maximum atomic E-state index is 12.4. The topological polar surface area (TPSA) is 67.7 Å². The number of nitriles is 1. The zero-order valence-electron chi connectivity index (χ0n) is 13.9. The maximum Gasteiger partial charge on any atom is 0.242 e. The summed E-state index contributed by atoms with van der Waals surface area (Å²) in [4.78, 5) is 30.0. The number of hydrogen-bond donors (Lipinski definition) is 0. The summed E-state index contributed by atoms with van der Waals surface area (Å²) >= 11 is 0. The van der Waals surface area contributed by atoms with E-state index in [1.165, 1.54) is 0 Å². The monoisotopic (exact) mass is 326 g/mol. The highest BCUT2D eigenvalue weighted by Crippen LogP contribution is 2.19. The zero-order valence-corrected chi connectivity index (χ0v) is 13.9. The molecule has 0 unspecified atom stereocenters. The number of carbonyl (C=O) groups is 2. The lowest BCUT2D eigenvalue weighted by molar-refractivity contribution is -0.139. The van der Waals surface area contributed by atoms with Crippen LogP contribution in [0.1, 0.15) is 25.3 Å². The Hall–Kier alpha value is -2.55. The predicted octanol–water partition coefficient (Wildman–Crippen LogP) is 1.22. The molecule has 1 aromatic rings. The van der Waals surface area contributed by atoms with Gasteiger partial charge in [-0.1, -0.05) is 0 Å². The predicted molar refractivity (Wildman–Crippen MR) is 90.4 cm³/mol. The number of rotatable bonds is 3. The van der Waals surface area contributed by atoms with Crippen LogP contribution >= 0.6 is 0 Å². The van der Waals surface area contributed by atoms with E-state index in [-0.39, 0.29) is 24.4 Å². The summed E-state index contributed by atoms with van der Waals surface area (Å²) in [6.07, 6.45) is 1.40. The van der Waals surface area contributed by atoms with Gasteiger partial charge in [0.1, 0.15) is 0 Å². The Kier molecular flexibility index (Phi) is 4.70. The second-order valence-corrected chi connectivity index (χ2v) is 6.44. The third kappa shape index (κ3) is 3.35. The molecule has 2 amide bonds. The van der Waals surface area contributed by atoms with Gasteiger partial charge in [0.05, 0.1) is 18.2 Å². The number of nitrogens with zero attached hydrogens (tertiary/aromatic N) is 4. The van der Waals surface area contributed by atoms with E-state index >= 15 is 0 Å². The average Bonchev–Trinajstić information content (AvgIpc) is 2.94. The normalized spacial score (nSPS) is 21.1. The molecule has 0 saturated carbocycles. The Balaban J connectivity index is 1.53. The van der Waals surface area contributed by atoms with Gasteiger partial charge in [-0.25, -0.2) is 0 Å². The molecule has 1 atom stereocenters. The van der Waals surface area contributed by atoms with E-state index in [9.17, 15) is 9.59 Å². The summed E-state index contributed by atoms with van der Waals surface area (Å²) in [7, 11) is 0. The molecule has 0 radical (unpaired) electrons. The first-order valence-electron chi connectivity index (χ1n) is 8.41. The Labute approximate surface area is 142 Å². The highest BCUT2D eigenvalue weighted by molar-refractivity contribution is 5.86. The minimum atomic E-state index is 0.0385. The van der Waals surface area contributed by atoms with Crippen molar-refractivity contribution in [2.75, 3.05) is 37.6 Å². The van der Waals surface area contributed by atoms with Crippen LogP contribution in [0.4, 0.5) is 5.69 Å². The molecule has 2 fully saturated rings. The lowest BCUT2D eigenvalue weighted by Crippen LogP contribution is -2.52. The van der Waals surface area contributed by atoms with Crippen molar-refractivity contribution in [1.29, 1.82) is 5.26 Å². The Bertz CT molecular complexity index is 657. The smallest absolute Gasteiger partial charge is 0.242 e. The van der Waals surface area contributed by atoms with Crippen LogP contribution < -0.4 is 4.90 Å². The molecule has 1 aromatic carbocycles. The minimum Gasteiger partial charge on any atom is -0.368 e. The summed E-state index contributed by atoms with van der Waals surface area (Å²) in [5, 5.41) is 8.85. The average molecular weight is 326 g/mol. The van der Waals surface area contributed by atoms with Gasteiger partial charge in [0, 0.05) is 44.3 Å². The first-order chi connectivity index (χ1) is 11.6. The van der Waals surface area contributed by atoms with Gasteiger partial charge in [0.15, 0.2) is 0 Å². The van der Waals surface area contributed by atoms with Crippen molar-refractivity contribution in [1.82, 2.24) is 9.80 Å². The second kappa shape index (κ2) is 6.91. The zero-order chi connectivity index (χ0) is 17.1. The molecule has 3 rings (SSSR count). The molecule has 2 heterocycles. The van der Waals surface area contributed by atoms with Crippen molar-refractivity contribution in [2.45, 2.75) is 25.8 Å². The number of anilines is 1. The van der Waals surface area contributed by atoms with Crippen LogP contribution in [0.15, 0.2) is 24.3 Å². The molecule has 126 valence electrons. The van der Waals surface area contributed by atoms with Crippen LogP contribution in [-0.2, 0) is 9.59 Å². The quantitative estimate of drug-likeness (QED) is 0.837. The highest BCUT2D eigenvalue weighted by atomic mass is 16.2. The van der Waals surface area contributed by atoms with Crippen molar-refractivity contribution in [3.8, 4) is 6.07 Å². The van der Waals surface area contributed by atoms with Crippen LogP contribution in [0.3, 0.4) is 0 Å². The summed E-state index contributed by atoms with van der Waals surface area (Å²) in [6, 6.07) is 9.80. The first-order valence-corrected chi connectivity index (χ1v) is 8.41. The fourth-order valence-electron chi connectivity index (χ4n) is 3.33. The minimum absolute atomic E-state index is 0.0385. The number of amides is 2. The molecule has 2 aliphatic heterocycles. The van der Waals surface area contributed by atoms with Crippen LogP contribution in [0.5, 0.6) is 0 Å². The number of carbonyl (C=O) groups excluding carboxylic acids is 2. The summed E-state index contributed by atoms with van der Waals surface area (Å²) in [5.74, 6) is 0.128. The lowest BCUT2D eigenvalue weighted by atomic mass is 10.2. The van der Waals surface area contributed by atoms with Gasteiger partial charge >= 0.3 is 0 Å². The van der Waals surface area contributed by atoms with Gasteiger partial charge in [-0.2, -0.15) is 5.26 Å². The highest BCUT2D eigenvalue weighted by Gasteiger charge is 2.31. The van der Waals surface area contributed by atoms with Gasteiger partial charge in [-0.15, -0.1) is 0 Å². The molecule has 0 aliphatic carbocycles. The molecule has 24 heavy (non-hydrogen) atoms. The molecule has 0 bridgehead atoms. The number of benzene rings is 1. The fraction of sp³-hybridized carbons (Fsp3) is 0.500. The van der Waals surface area contributed by atoms with Gasteiger partial charge < -0.3 is 14.7 Å². The molecular weight excluding hydrogens is 304 g/mol. The third-order valence-corrected chi connectivity index (χ3v) is 4.93. The van der Waals surface area contributed by atoms with E-state index < -0.39 is 0 Å². The van der Waals surface area contributed by atoms with E-state index in [4.69, 9.17) is 5.26 Å². The molecule has 2 aliphatic rings. The van der Waals surface area contributed by atoms with E-state index in [1.54, 1.807) is 4.90 Å². The van der Waals surface area contributed by atoms with Gasteiger partial charge in [-0.3, -0.25) is 9.59 Å². The molecule has 6 heteroatoms. The van der Waals surface area contributed by atoms with Crippen molar-refractivity contribution < 1.29 is 9.59 Å². The van der Waals surface area contributed by atoms with Crippen LogP contribution in [-0.4, -0.2) is 60.4 Å². The van der Waals surface area contributed by atoms with Gasteiger partial charge in [0.25, 0.3) is 0 Å². The summed E-state index contributed by atoms with van der Waals surface area (Å²) in [5.41, 5.74) is 1.72. The van der Waals surface area contributed by atoms with Crippen LogP contribution in [0, 0.1) is 11.3 Å². The molecular formula is C18H22N4O2. The summed E-state index contributed by atoms with van der Waals surface area (Å²) < 4.78 is 0. The lowest BCUT2D eigenvalue weighted by Gasteiger charge is -2.37. The number of hydrogen-bond acceptors (Lipinski definition) is 4. The Morgan fingerprint density at radius 3 is 2.42 bits per heavy atom. The van der Waals surface area contributed by atoms with Crippen molar-refractivity contribution in [3.63, 3.8) is 0 Å². The summed E-state index contributed by atoms with van der Waals surface area (Å²) in [6.45, 7) is 5.06. The molecule has 0 N–H and O–H groups in total. The molecule has 6 nitrogen and oxygen atoms in total. The van der Waals surface area contributed by atoms with E-state index in [0.29, 0.717) is 25.1 Å². The first kappa shape index (κ1) is 16.3. The van der Waals surface area contributed by atoms with Gasteiger partial charge in [-0.05, 0) is 37.6 Å². The van der Waals surface area contributed by atoms with Crippen LogP contribution in [0.25, 0.3) is 0 Å². The fourth-order valence-corrected chi connectivity index (χ4v) is 3.33. The van der Waals surface area contributed by atoms with Crippen molar-refractivity contribution >= 4 is 17.5 Å². The Morgan fingerprint density at radius 2 is 1.88 bits per heavy atom. The van der Waals surface area contributed by atoms with E-state index in [2.05, 4.69) is 11.0 Å². The number of likely N-dealkylation sites (tertiary alicyclic amines) is 1. The molecule has 0 aromatic heterocycles. The van der Waals surface area contributed by atoms with Crippen molar-refractivity contribution in [2.24, 2.45) is 0 Å². The Morgan fingerprint density at radius 1 is 1.21 bits per heavy atom. The molecule has 2 saturated heterocycles. The second-order valence-electron chi connectivity index (χ2n) is 6.44. The largest absolute Gasteiger partial charge is 0.368 e. The standard InChI is InChI=1S/C18H22N4O2/c1-14-2-7-17(23)22(14)13-18(24)21-10-8-20(9-11-21)16-5-3-15(12-19)4-6-16/h3-6,14H,2,7-11,13H2,1H3/t14-/m0/s1. The third-order valence-electron chi connectivity index (χ3n) is 4.93. The van der Waals surface area contributed by atoms with Gasteiger partial charge in [0.2, 0.25) is 11.8 Å². The SMILES string of the molecule is C[C@H]1CCC(=O)N1CC(=O)N1CCN(c2ccc(C#N)cc2)CC1. The molecule has 0 spiro atoms. The van der Waals surface area contributed by atoms with E-state index in [0.717, 1.165) is 25.2 Å². The van der Waals surface area contributed by atoms with Crippen LogP contribution in [0.2, 0.25) is 0 Å². The van der Waals surface area contributed by atoms with E-state index in [1.807, 2.05) is 36.1 Å².